The van der Waals surface area contributed by atoms with Gasteiger partial charge in [-0.2, -0.15) is 0 Å². The van der Waals surface area contributed by atoms with Gasteiger partial charge in [-0.05, 0) is 29.7 Å². The van der Waals surface area contributed by atoms with Gasteiger partial charge in [0.05, 0.1) is 25.0 Å². The maximum Gasteiger partial charge on any atom is 0.247 e. The van der Waals surface area contributed by atoms with Gasteiger partial charge in [-0.3, -0.25) is 14.4 Å². The van der Waals surface area contributed by atoms with Crippen molar-refractivity contribution in [3.05, 3.63) is 34.2 Å². The van der Waals surface area contributed by atoms with Crippen molar-refractivity contribution in [1.29, 1.82) is 0 Å². The van der Waals surface area contributed by atoms with E-state index in [1.807, 2.05) is 4.90 Å². The van der Waals surface area contributed by atoms with E-state index in [0.717, 1.165) is 25.1 Å². The van der Waals surface area contributed by atoms with Crippen LogP contribution in [-0.4, -0.2) is 54.0 Å². The van der Waals surface area contributed by atoms with Crippen LogP contribution in [0.4, 0.5) is 0 Å². The normalized spacial score (nSPS) is 26.8. The number of carbonyl (C=O) groups excluding carboxylic acids is 2. The average Bonchev–Trinajstić information content (AvgIpc) is 3.08. The van der Waals surface area contributed by atoms with Crippen LogP contribution < -0.4 is 10.9 Å². The molecular weight excluding hydrogens is 358 g/mol. The van der Waals surface area contributed by atoms with Crippen molar-refractivity contribution in [2.24, 2.45) is 17.3 Å². The highest BCUT2D eigenvalue weighted by Crippen LogP contribution is 2.33. The minimum atomic E-state index is -0.189. The summed E-state index contributed by atoms with van der Waals surface area (Å²) in [4.78, 5) is 40.6. The molecule has 2 aliphatic heterocycles. The van der Waals surface area contributed by atoms with Gasteiger partial charge in [0.1, 0.15) is 0 Å². The Morgan fingerprint density at radius 3 is 2.82 bits per heavy atom. The lowest BCUT2D eigenvalue weighted by Gasteiger charge is -2.42. The van der Waals surface area contributed by atoms with Crippen LogP contribution >= 0.6 is 0 Å². The molecule has 0 aromatic carbocycles. The van der Waals surface area contributed by atoms with Gasteiger partial charge in [-0.25, -0.2) is 0 Å². The third-order valence-electron chi connectivity index (χ3n) is 5.53. The smallest absolute Gasteiger partial charge is 0.247 e. The zero-order valence-corrected chi connectivity index (χ0v) is 17.0. The van der Waals surface area contributed by atoms with Crippen molar-refractivity contribution in [3.63, 3.8) is 0 Å². The summed E-state index contributed by atoms with van der Waals surface area (Å²) in [5.74, 6) is 0.443. The molecule has 3 heterocycles. The minimum absolute atomic E-state index is 0.123. The summed E-state index contributed by atoms with van der Waals surface area (Å²) in [5, 5.41) is 2.87. The Kier molecular flexibility index (Phi) is 6.23. The SMILES string of the molecule is CC1CN(C(=O)[C@@H]2CO[C@H](CNC(=O)Cc3ccc(=O)[nH]c3)C2)CC(C)(C)C1. The number of aromatic nitrogens is 1. The van der Waals surface area contributed by atoms with Crippen molar-refractivity contribution >= 4 is 11.8 Å². The maximum absolute atomic E-state index is 12.9. The fourth-order valence-electron chi connectivity index (χ4n) is 4.50. The van der Waals surface area contributed by atoms with Gasteiger partial charge in [-0.15, -0.1) is 0 Å². The van der Waals surface area contributed by atoms with E-state index in [9.17, 15) is 14.4 Å². The largest absolute Gasteiger partial charge is 0.376 e. The van der Waals surface area contributed by atoms with Crippen molar-refractivity contribution in [2.45, 2.75) is 46.1 Å². The van der Waals surface area contributed by atoms with Gasteiger partial charge in [0.2, 0.25) is 17.4 Å². The summed E-state index contributed by atoms with van der Waals surface area (Å²) < 4.78 is 5.76. The second-order valence-corrected chi connectivity index (χ2v) is 9.12. The van der Waals surface area contributed by atoms with Crippen molar-refractivity contribution < 1.29 is 14.3 Å². The molecule has 0 aliphatic carbocycles. The van der Waals surface area contributed by atoms with Crippen molar-refractivity contribution in [3.8, 4) is 0 Å². The molecule has 0 saturated carbocycles. The number of hydrogen-bond donors (Lipinski definition) is 2. The quantitative estimate of drug-likeness (QED) is 0.795. The predicted molar refractivity (Wildman–Crippen MR) is 106 cm³/mol. The number of nitrogens with one attached hydrogen (secondary N) is 2. The maximum atomic E-state index is 12.9. The van der Waals surface area contributed by atoms with E-state index in [1.165, 1.54) is 6.07 Å². The molecule has 1 unspecified atom stereocenters. The molecule has 3 atom stereocenters. The summed E-state index contributed by atoms with van der Waals surface area (Å²) in [7, 11) is 0. The van der Waals surface area contributed by atoms with Gasteiger partial charge < -0.3 is 19.9 Å². The average molecular weight is 389 g/mol. The number of pyridine rings is 1. The van der Waals surface area contributed by atoms with Crippen LogP contribution in [0.1, 0.15) is 39.2 Å². The molecular formula is C21H31N3O4. The molecule has 0 spiro atoms. The van der Waals surface area contributed by atoms with Crippen LogP contribution in [-0.2, 0) is 20.7 Å². The molecule has 0 radical (unpaired) electrons. The number of rotatable bonds is 5. The summed E-state index contributed by atoms with van der Waals surface area (Å²) in [5.41, 5.74) is 0.715. The van der Waals surface area contributed by atoms with E-state index in [4.69, 9.17) is 4.74 Å². The molecule has 7 heteroatoms. The fourth-order valence-corrected chi connectivity index (χ4v) is 4.50. The van der Waals surface area contributed by atoms with Gasteiger partial charge >= 0.3 is 0 Å². The molecule has 1 aromatic rings. The second-order valence-electron chi connectivity index (χ2n) is 9.12. The third kappa shape index (κ3) is 5.44. The van der Waals surface area contributed by atoms with Gasteiger partial charge in [0, 0.05) is 31.9 Å². The van der Waals surface area contributed by atoms with Crippen molar-refractivity contribution in [2.75, 3.05) is 26.2 Å². The Hall–Kier alpha value is -2.15. The second kappa shape index (κ2) is 8.47. The van der Waals surface area contributed by atoms with Gasteiger partial charge in [-0.1, -0.05) is 26.8 Å². The molecule has 2 fully saturated rings. The monoisotopic (exact) mass is 389 g/mol. The molecule has 1 aromatic heterocycles. The lowest BCUT2D eigenvalue weighted by Crippen LogP contribution is -2.49. The summed E-state index contributed by atoms with van der Waals surface area (Å²) in [6.45, 7) is 9.07. The third-order valence-corrected chi connectivity index (χ3v) is 5.53. The fraction of sp³-hybridized carbons (Fsp3) is 0.667. The van der Waals surface area contributed by atoms with Gasteiger partial charge in [0.25, 0.3) is 0 Å². The van der Waals surface area contributed by atoms with Crippen LogP contribution in [0.25, 0.3) is 0 Å². The highest BCUT2D eigenvalue weighted by Gasteiger charge is 2.38. The standard InChI is InChI=1S/C21H31N3O4/c1-14-8-21(2,3)13-24(11-14)20(27)16-7-17(28-12-16)10-23-19(26)6-15-4-5-18(25)22-9-15/h4-5,9,14,16-17H,6-8,10-13H2,1-3H3,(H,22,25)(H,23,26)/t14?,16-,17-/m0/s1. The van der Waals surface area contributed by atoms with E-state index in [2.05, 4.69) is 31.1 Å². The van der Waals surface area contributed by atoms with E-state index >= 15 is 0 Å². The van der Waals surface area contributed by atoms with Crippen LogP contribution in [0.3, 0.4) is 0 Å². The molecule has 154 valence electrons. The molecule has 28 heavy (non-hydrogen) atoms. The number of ether oxygens (including phenoxy) is 1. The number of amides is 2. The zero-order chi connectivity index (χ0) is 20.3. The van der Waals surface area contributed by atoms with E-state index < -0.39 is 0 Å². The van der Waals surface area contributed by atoms with Gasteiger partial charge in [0.15, 0.2) is 0 Å². The number of H-pyrrole nitrogens is 1. The highest BCUT2D eigenvalue weighted by molar-refractivity contribution is 5.80. The predicted octanol–water partition coefficient (Wildman–Crippen LogP) is 1.33. The summed E-state index contributed by atoms with van der Waals surface area (Å²) in [6, 6.07) is 3.04. The van der Waals surface area contributed by atoms with Crippen LogP contribution in [0, 0.1) is 17.3 Å². The van der Waals surface area contributed by atoms with Crippen LogP contribution in [0.15, 0.2) is 23.1 Å². The van der Waals surface area contributed by atoms with Crippen molar-refractivity contribution in [1.82, 2.24) is 15.2 Å². The number of piperidine rings is 1. The van der Waals surface area contributed by atoms with Crippen LogP contribution in [0.5, 0.6) is 0 Å². The molecule has 3 rings (SSSR count). The number of nitrogens with zero attached hydrogens (tertiary/aromatic N) is 1. The number of aromatic amines is 1. The lowest BCUT2D eigenvalue weighted by molar-refractivity contribution is -0.139. The minimum Gasteiger partial charge on any atom is -0.376 e. The lowest BCUT2D eigenvalue weighted by atomic mass is 9.79. The molecule has 2 N–H and O–H groups in total. The Balaban J connectivity index is 1.44. The van der Waals surface area contributed by atoms with Crippen LogP contribution in [0.2, 0.25) is 0 Å². The summed E-state index contributed by atoms with van der Waals surface area (Å²) >= 11 is 0. The molecule has 7 nitrogen and oxygen atoms in total. The first-order valence-corrected chi connectivity index (χ1v) is 10.1. The topological polar surface area (TPSA) is 91.5 Å². The molecule has 2 amide bonds. The Morgan fingerprint density at radius 2 is 2.14 bits per heavy atom. The first-order chi connectivity index (χ1) is 13.2. The number of carbonyl (C=O) groups is 2. The molecule has 0 bridgehead atoms. The van der Waals surface area contributed by atoms with E-state index in [0.29, 0.717) is 25.5 Å². The molecule has 2 aliphatic rings. The summed E-state index contributed by atoms with van der Waals surface area (Å²) in [6.07, 6.45) is 3.39. The first kappa shape index (κ1) is 20.6. The zero-order valence-electron chi connectivity index (χ0n) is 17.0. The molecule has 2 saturated heterocycles. The first-order valence-electron chi connectivity index (χ1n) is 10.1. The van der Waals surface area contributed by atoms with E-state index in [-0.39, 0.29) is 41.2 Å². The Morgan fingerprint density at radius 1 is 1.36 bits per heavy atom. The number of likely N-dealkylation sites (tertiary alicyclic amines) is 1. The Bertz CT molecular complexity index is 753. The highest BCUT2D eigenvalue weighted by atomic mass is 16.5. The Labute approximate surface area is 165 Å². The van der Waals surface area contributed by atoms with E-state index in [1.54, 1.807) is 12.3 Å². The number of hydrogen-bond acceptors (Lipinski definition) is 4.